The third-order valence-electron chi connectivity index (χ3n) is 1.76. The van der Waals surface area contributed by atoms with Gasteiger partial charge in [0.05, 0.1) is 16.9 Å². The zero-order valence-corrected chi connectivity index (χ0v) is 8.18. The molecule has 2 aromatic rings. The van der Waals surface area contributed by atoms with Crippen LogP contribution in [0.5, 0.6) is 0 Å². The summed E-state index contributed by atoms with van der Waals surface area (Å²) in [6, 6.07) is 3.49. The van der Waals surface area contributed by atoms with E-state index in [1.165, 1.54) is 23.9 Å². The van der Waals surface area contributed by atoms with Gasteiger partial charge in [0, 0.05) is 5.56 Å². The molecule has 0 saturated heterocycles. The zero-order chi connectivity index (χ0) is 9.26. The molecular formula is C9H7ClO2S. The Morgan fingerprint density at radius 2 is 2.31 bits per heavy atom. The molecule has 1 N–H and O–H groups in total. The minimum Gasteiger partial charge on any atom is -0.472 e. The summed E-state index contributed by atoms with van der Waals surface area (Å²) in [6.07, 6.45) is 2.42. The Balaban J connectivity index is 2.28. The quantitative estimate of drug-likeness (QED) is 0.834. The van der Waals surface area contributed by atoms with Crippen molar-refractivity contribution < 1.29 is 9.52 Å². The number of rotatable bonds is 2. The summed E-state index contributed by atoms with van der Waals surface area (Å²) in [5.41, 5.74) is 1.55. The minimum absolute atomic E-state index is 0.637. The van der Waals surface area contributed by atoms with Gasteiger partial charge in [0.25, 0.3) is 0 Å². The first-order valence-corrected chi connectivity index (χ1v) is 4.97. The van der Waals surface area contributed by atoms with E-state index in [2.05, 4.69) is 0 Å². The first-order valence-electron chi connectivity index (χ1n) is 3.71. The highest BCUT2D eigenvalue weighted by atomic mass is 35.5. The summed E-state index contributed by atoms with van der Waals surface area (Å²) in [5.74, 6) is 0. The van der Waals surface area contributed by atoms with Crippen molar-refractivity contribution in [3.05, 3.63) is 45.5 Å². The lowest BCUT2D eigenvalue weighted by molar-refractivity contribution is 0.220. The van der Waals surface area contributed by atoms with E-state index in [1.54, 1.807) is 12.1 Å². The number of aliphatic hydroxyl groups is 1. The fourth-order valence-corrected chi connectivity index (χ4v) is 2.00. The Morgan fingerprint density at radius 3 is 2.85 bits per heavy atom. The first-order chi connectivity index (χ1) is 6.27. The Labute approximate surface area is 84.4 Å². The summed E-state index contributed by atoms with van der Waals surface area (Å²) in [7, 11) is 0. The second-order valence-electron chi connectivity index (χ2n) is 2.64. The van der Waals surface area contributed by atoms with Crippen LogP contribution >= 0.6 is 22.9 Å². The Hall–Kier alpha value is -0.770. The SMILES string of the molecule is OC(c1ccoc1)c1csc(Cl)c1. The van der Waals surface area contributed by atoms with Crippen molar-refractivity contribution in [3.63, 3.8) is 0 Å². The normalized spacial score (nSPS) is 13.1. The predicted octanol–water partition coefficient (Wildman–Crippen LogP) is 3.08. The number of hydrogen-bond donors (Lipinski definition) is 1. The largest absolute Gasteiger partial charge is 0.472 e. The molecule has 0 saturated carbocycles. The topological polar surface area (TPSA) is 33.4 Å². The Kier molecular flexibility index (Phi) is 2.40. The fourth-order valence-electron chi connectivity index (χ4n) is 1.09. The lowest BCUT2D eigenvalue weighted by Gasteiger charge is -2.03. The van der Waals surface area contributed by atoms with E-state index in [1.807, 2.05) is 5.38 Å². The van der Waals surface area contributed by atoms with Crippen LogP contribution in [0.15, 0.2) is 34.5 Å². The number of thiophene rings is 1. The van der Waals surface area contributed by atoms with Crippen LogP contribution in [0.1, 0.15) is 17.2 Å². The molecule has 2 aromatic heterocycles. The average molecular weight is 215 g/mol. The van der Waals surface area contributed by atoms with E-state index in [4.69, 9.17) is 16.0 Å². The number of furan rings is 1. The maximum absolute atomic E-state index is 9.78. The molecule has 1 atom stereocenters. The van der Waals surface area contributed by atoms with Crippen LogP contribution < -0.4 is 0 Å². The van der Waals surface area contributed by atoms with E-state index >= 15 is 0 Å². The molecule has 13 heavy (non-hydrogen) atoms. The lowest BCUT2D eigenvalue weighted by Crippen LogP contribution is -1.94. The van der Waals surface area contributed by atoms with E-state index in [0.29, 0.717) is 4.34 Å². The van der Waals surface area contributed by atoms with E-state index in [9.17, 15) is 5.11 Å². The maximum Gasteiger partial charge on any atom is 0.108 e. The minimum atomic E-state index is -0.637. The summed E-state index contributed by atoms with van der Waals surface area (Å²) in [6.45, 7) is 0. The average Bonchev–Trinajstić information content (AvgIpc) is 2.72. The van der Waals surface area contributed by atoms with Gasteiger partial charge in [0.2, 0.25) is 0 Å². The molecule has 0 amide bonds. The third-order valence-corrected chi connectivity index (χ3v) is 2.87. The number of halogens is 1. The number of aliphatic hydroxyl groups excluding tert-OH is 1. The van der Waals surface area contributed by atoms with Crippen molar-refractivity contribution in [3.8, 4) is 0 Å². The van der Waals surface area contributed by atoms with Crippen LogP contribution in [0.3, 0.4) is 0 Å². The standard InChI is InChI=1S/C9H7ClO2S/c10-8-3-7(5-13-8)9(11)6-1-2-12-4-6/h1-5,9,11H. The van der Waals surface area contributed by atoms with Gasteiger partial charge in [0.1, 0.15) is 6.10 Å². The molecule has 0 aliphatic rings. The van der Waals surface area contributed by atoms with Crippen molar-refractivity contribution in [2.75, 3.05) is 0 Å². The van der Waals surface area contributed by atoms with Crippen molar-refractivity contribution in [1.29, 1.82) is 0 Å². The van der Waals surface area contributed by atoms with Crippen molar-refractivity contribution >= 4 is 22.9 Å². The van der Waals surface area contributed by atoms with Crippen molar-refractivity contribution in [2.45, 2.75) is 6.10 Å². The molecule has 2 heterocycles. The van der Waals surface area contributed by atoms with E-state index in [0.717, 1.165) is 11.1 Å². The van der Waals surface area contributed by atoms with Crippen LogP contribution in [0, 0.1) is 0 Å². The van der Waals surface area contributed by atoms with Gasteiger partial charge in [-0.15, -0.1) is 11.3 Å². The molecule has 0 aliphatic heterocycles. The van der Waals surface area contributed by atoms with Crippen LogP contribution in [-0.4, -0.2) is 5.11 Å². The van der Waals surface area contributed by atoms with Crippen LogP contribution in [0.25, 0.3) is 0 Å². The highest BCUT2D eigenvalue weighted by Crippen LogP contribution is 2.28. The molecule has 2 nitrogen and oxygen atoms in total. The van der Waals surface area contributed by atoms with Gasteiger partial charge in [-0.05, 0) is 23.1 Å². The smallest absolute Gasteiger partial charge is 0.108 e. The Bertz CT molecular complexity index is 380. The molecular weight excluding hydrogens is 208 g/mol. The molecule has 0 spiro atoms. The van der Waals surface area contributed by atoms with Gasteiger partial charge in [-0.25, -0.2) is 0 Å². The molecule has 0 aromatic carbocycles. The molecule has 4 heteroatoms. The van der Waals surface area contributed by atoms with E-state index < -0.39 is 6.10 Å². The summed E-state index contributed by atoms with van der Waals surface area (Å²) in [4.78, 5) is 0. The molecule has 1 unspecified atom stereocenters. The molecule has 0 bridgehead atoms. The zero-order valence-electron chi connectivity index (χ0n) is 6.61. The Morgan fingerprint density at radius 1 is 1.46 bits per heavy atom. The van der Waals surface area contributed by atoms with Gasteiger partial charge >= 0.3 is 0 Å². The first kappa shape index (κ1) is 8.81. The van der Waals surface area contributed by atoms with Gasteiger partial charge < -0.3 is 9.52 Å². The highest BCUT2D eigenvalue weighted by Gasteiger charge is 2.12. The summed E-state index contributed by atoms with van der Waals surface area (Å²) in [5, 5.41) is 11.6. The van der Waals surface area contributed by atoms with Crippen LogP contribution in [-0.2, 0) is 0 Å². The van der Waals surface area contributed by atoms with E-state index in [-0.39, 0.29) is 0 Å². The summed E-state index contributed by atoms with van der Waals surface area (Å²) >= 11 is 7.15. The second-order valence-corrected chi connectivity index (χ2v) is 4.19. The highest BCUT2D eigenvalue weighted by molar-refractivity contribution is 7.14. The maximum atomic E-state index is 9.78. The monoisotopic (exact) mass is 214 g/mol. The van der Waals surface area contributed by atoms with Crippen molar-refractivity contribution in [1.82, 2.24) is 0 Å². The molecule has 2 rings (SSSR count). The molecule has 0 radical (unpaired) electrons. The second kappa shape index (κ2) is 3.54. The van der Waals surface area contributed by atoms with Gasteiger partial charge in [-0.2, -0.15) is 0 Å². The molecule has 0 aliphatic carbocycles. The fraction of sp³-hybridized carbons (Fsp3) is 0.111. The summed E-state index contributed by atoms with van der Waals surface area (Å²) < 4.78 is 5.55. The third kappa shape index (κ3) is 1.77. The van der Waals surface area contributed by atoms with Crippen LogP contribution in [0.2, 0.25) is 4.34 Å². The molecule has 68 valence electrons. The lowest BCUT2D eigenvalue weighted by atomic mass is 10.1. The predicted molar refractivity (Wildman–Crippen MR) is 52.1 cm³/mol. The molecule has 0 fully saturated rings. The van der Waals surface area contributed by atoms with Crippen LogP contribution in [0.4, 0.5) is 0 Å². The number of hydrogen-bond acceptors (Lipinski definition) is 3. The van der Waals surface area contributed by atoms with Crippen molar-refractivity contribution in [2.24, 2.45) is 0 Å². The van der Waals surface area contributed by atoms with Gasteiger partial charge in [-0.3, -0.25) is 0 Å². The van der Waals surface area contributed by atoms with Gasteiger partial charge in [-0.1, -0.05) is 11.6 Å². The van der Waals surface area contributed by atoms with Gasteiger partial charge in [0.15, 0.2) is 0 Å².